The van der Waals surface area contributed by atoms with Crippen LogP contribution in [-0.2, 0) is 6.42 Å². The number of rotatable bonds is 0. The molecule has 0 saturated carbocycles. The van der Waals surface area contributed by atoms with E-state index in [4.69, 9.17) is 23.2 Å². The third kappa shape index (κ3) is 1.98. The van der Waals surface area contributed by atoms with Crippen LogP contribution in [0, 0.1) is 0 Å². The molecule has 17 heavy (non-hydrogen) atoms. The van der Waals surface area contributed by atoms with Gasteiger partial charge >= 0.3 is 0 Å². The van der Waals surface area contributed by atoms with Crippen LogP contribution in [0.3, 0.4) is 0 Å². The lowest BCUT2D eigenvalue weighted by Gasteiger charge is -2.20. The van der Waals surface area contributed by atoms with Crippen molar-refractivity contribution in [2.45, 2.75) is 18.2 Å². The first-order valence-corrected chi connectivity index (χ1v) is 6.63. The number of aryl methyl sites for hydroxylation is 1. The maximum atomic E-state index is 6.58. The Morgan fingerprint density at radius 2 is 2.12 bits per heavy atom. The predicted molar refractivity (Wildman–Crippen MR) is 72.5 cm³/mol. The highest BCUT2D eigenvalue weighted by Crippen LogP contribution is 2.38. The number of hydrogen-bond acceptors (Lipinski definition) is 1. The Morgan fingerprint density at radius 1 is 1.24 bits per heavy atom. The van der Waals surface area contributed by atoms with Crippen molar-refractivity contribution in [3.05, 3.63) is 57.8 Å². The van der Waals surface area contributed by atoms with Gasteiger partial charge < -0.3 is 5.32 Å². The van der Waals surface area contributed by atoms with Gasteiger partial charge in [-0.05, 0) is 41.7 Å². The van der Waals surface area contributed by atoms with Crippen molar-refractivity contribution in [2.24, 2.45) is 0 Å². The summed E-state index contributed by atoms with van der Waals surface area (Å²) in [6.45, 7) is 0.866. The molecule has 2 aliphatic rings. The Bertz CT molecular complexity index is 517. The molecule has 88 valence electrons. The molecule has 1 aliphatic heterocycles. The highest BCUT2D eigenvalue weighted by atomic mass is 35.5. The van der Waals surface area contributed by atoms with E-state index in [2.05, 4.69) is 17.5 Å². The molecule has 3 heteroatoms. The number of dihydropyridines is 1. The standard InChI is InChI=1S/C14H13Cl2N/c15-11-5-6-12-10(8-11)4-3-9-2-1-7-17-14(9)13(12)16/h1-2,5-6,8,13,17H,3-4,7H2. The summed E-state index contributed by atoms with van der Waals surface area (Å²) < 4.78 is 0. The minimum atomic E-state index is -0.0790. The van der Waals surface area contributed by atoms with E-state index in [1.165, 1.54) is 16.7 Å². The summed E-state index contributed by atoms with van der Waals surface area (Å²) in [5.74, 6) is 0. The van der Waals surface area contributed by atoms with Gasteiger partial charge in [0.2, 0.25) is 0 Å². The normalized spacial score (nSPS) is 22.6. The number of allylic oxidation sites excluding steroid dienone is 3. The van der Waals surface area contributed by atoms with E-state index in [1.54, 1.807) is 0 Å². The predicted octanol–water partition coefficient (Wildman–Crippen LogP) is 3.98. The Hall–Kier alpha value is -0.920. The monoisotopic (exact) mass is 265 g/mol. The molecular formula is C14H13Cl2N. The molecule has 1 aliphatic carbocycles. The van der Waals surface area contributed by atoms with Crippen LogP contribution in [-0.4, -0.2) is 6.54 Å². The first-order chi connectivity index (χ1) is 8.25. The van der Waals surface area contributed by atoms with Gasteiger partial charge in [-0.25, -0.2) is 0 Å². The second kappa shape index (κ2) is 4.40. The number of hydrogen-bond donors (Lipinski definition) is 1. The van der Waals surface area contributed by atoms with Crippen molar-refractivity contribution in [2.75, 3.05) is 6.54 Å². The van der Waals surface area contributed by atoms with Gasteiger partial charge in [0.1, 0.15) is 0 Å². The number of alkyl halides is 1. The van der Waals surface area contributed by atoms with Crippen LogP contribution in [0.25, 0.3) is 0 Å². The van der Waals surface area contributed by atoms with E-state index >= 15 is 0 Å². The fourth-order valence-electron chi connectivity index (χ4n) is 2.51. The number of halogens is 2. The van der Waals surface area contributed by atoms with Crippen LogP contribution in [0.1, 0.15) is 22.9 Å². The van der Waals surface area contributed by atoms with Crippen molar-refractivity contribution < 1.29 is 0 Å². The van der Waals surface area contributed by atoms with Crippen LogP contribution in [0.2, 0.25) is 5.02 Å². The first kappa shape index (κ1) is 11.2. The maximum Gasteiger partial charge on any atom is 0.0986 e. The summed E-state index contributed by atoms with van der Waals surface area (Å²) in [5, 5.41) is 4.10. The molecule has 1 nitrogen and oxygen atoms in total. The summed E-state index contributed by atoms with van der Waals surface area (Å²) in [6.07, 6.45) is 6.36. The SMILES string of the molecule is Clc1ccc2c(c1)CCC1=C(NCC=C1)C2Cl. The lowest BCUT2D eigenvalue weighted by molar-refractivity contribution is 0.807. The van der Waals surface area contributed by atoms with Crippen LogP contribution in [0.4, 0.5) is 0 Å². The number of fused-ring (bicyclic) bond motifs is 1. The Balaban J connectivity index is 2.08. The lowest BCUT2D eigenvalue weighted by Crippen LogP contribution is -2.21. The van der Waals surface area contributed by atoms with Gasteiger partial charge in [-0.2, -0.15) is 0 Å². The molecule has 1 aromatic rings. The van der Waals surface area contributed by atoms with Crippen molar-refractivity contribution in [3.63, 3.8) is 0 Å². The van der Waals surface area contributed by atoms with E-state index < -0.39 is 0 Å². The molecule has 0 aromatic heterocycles. The molecule has 0 bridgehead atoms. The van der Waals surface area contributed by atoms with Crippen LogP contribution in [0.5, 0.6) is 0 Å². The topological polar surface area (TPSA) is 12.0 Å². The molecule has 1 heterocycles. The zero-order valence-electron chi connectivity index (χ0n) is 9.34. The summed E-state index contributed by atoms with van der Waals surface area (Å²) in [5.41, 5.74) is 4.93. The average molecular weight is 266 g/mol. The largest absolute Gasteiger partial charge is 0.383 e. The fraction of sp³-hybridized carbons (Fsp3) is 0.286. The van der Waals surface area contributed by atoms with E-state index in [1.807, 2.05) is 18.2 Å². The summed E-state index contributed by atoms with van der Waals surface area (Å²) >= 11 is 12.6. The zero-order valence-corrected chi connectivity index (χ0v) is 10.9. The highest BCUT2D eigenvalue weighted by Gasteiger charge is 2.24. The summed E-state index contributed by atoms with van der Waals surface area (Å²) in [7, 11) is 0. The smallest absolute Gasteiger partial charge is 0.0986 e. The van der Waals surface area contributed by atoms with E-state index in [9.17, 15) is 0 Å². The van der Waals surface area contributed by atoms with Crippen LogP contribution in [0.15, 0.2) is 41.6 Å². The summed E-state index contributed by atoms with van der Waals surface area (Å²) in [4.78, 5) is 0. The second-order valence-electron chi connectivity index (χ2n) is 4.43. The van der Waals surface area contributed by atoms with Crippen molar-refractivity contribution in [1.82, 2.24) is 5.32 Å². The Labute approximate surface area is 111 Å². The quantitative estimate of drug-likeness (QED) is 0.700. The Morgan fingerprint density at radius 3 is 3.00 bits per heavy atom. The molecule has 1 N–H and O–H groups in total. The van der Waals surface area contributed by atoms with Crippen molar-refractivity contribution >= 4 is 23.2 Å². The van der Waals surface area contributed by atoms with E-state index in [0.717, 1.165) is 30.1 Å². The van der Waals surface area contributed by atoms with Crippen molar-refractivity contribution in [1.29, 1.82) is 0 Å². The second-order valence-corrected chi connectivity index (χ2v) is 5.30. The Kier molecular flexibility index (Phi) is 2.89. The molecule has 0 fully saturated rings. The van der Waals surface area contributed by atoms with Gasteiger partial charge in [-0.1, -0.05) is 29.8 Å². The average Bonchev–Trinajstić information content (AvgIpc) is 2.48. The molecule has 1 aromatic carbocycles. The highest BCUT2D eigenvalue weighted by molar-refractivity contribution is 6.30. The fourth-order valence-corrected chi connectivity index (χ4v) is 3.13. The minimum Gasteiger partial charge on any atom is -0.383 e. The molecule has 3 rings (SSSR count). The molecule has 1 unspecified atom stereocenters. The maximum absolute atomic E-state index is 6.58. The van der Waals surface area contributed by atoms with Crippen LogP contribution >= 0.6 is 23.2 Å². The zero-order chi connectivity index (χ0) is 11.8. The third-order valence-corrected chi connectivity index (χ3v) is 4.06. The van der Waals surface area contributed by atoms with Gasteiger partial charge in [0.25, 0.3) is 0 Å². The molecule has 0 amide bonds. The van der Waals surface area contributed by atoms with Gasteiger partial charge in [-0.3, -0.25) is 0 Å². The number of nitrogens with one attached hydrogen (secondary N) is 1. The molecule has 1 atom stereocenters. The van der Waals surface area contributed by atoms with Gasteiger partial charge in [0.15, 0.2) is 0 Å². The molecule has 0 spiro atoms. The van der Waals surface area contributed by atoms with E-state index in [-0.39, 0.29) is 5.38 Å². The van der Waals surface area contributed by atoms with Crippen molar-refractivity contribution in [3.8, 4) is 0 Å². The molecular weight excluding hydrogens is 253 g/mol. The minimum absolute atomic E-state index is 0.0790. The van der Waals surface area contributed by atoms with Crippen LogP contribution < -0.4 is 5.32 Å². The summed E-state index contributed by atoms with van der Waals surface area (Å²) in [6, 6.07) is 6.00. The number of benzene rings is 1. The van der Waals surface area contributed by atoms with Gasteiger partial charge in [-0.15, -0.1) is 11.6 Å². The third-order valence-electron chi connectivity index (χ3n) is 3.37. The molecule has 0 saturated heterocycles. The first-order valence-electron chi connectivity index (χ1n) is 5.81. The van der Waals surface area contributed by atoms with Gasteiger partial charge in [0.05, 0.1) is 5.38 Å². The lowest BCUT2D eigenvalue weighted by atomic mass is 10.0. The van der Waals surface area contributed by atoms with E-state index in [0.29, 0.717) is 0 Å². The molecule has 0 radical (unpaired) electrons. The van der Waals surface area contributed by atoms with Gasteiger partial charge in [0, 0.05) is 17.3 Å².